The molecule has 1 aromatic carbocycles. The Kier molecular flexibility index (Phi) is 7.51. The Labute approximate surface area is 149 Å². The average molecular weight is 333 g/mol. The lowest BCUT2D eigenvalue weighted by Gasteiger charge is -2.22. The Hall–Kier alpha value is -1.31. The van der Waals surface area contributed by atoms with E-state index in [0.717, 1.165) is 25.7 Å². The van der Waals surface area contributed by atoms with Crippen LogP contribution in [0.5, 0.6) is 0 Å². The Bertz CT molecular complexity index is 536. The van der Waals surface area contributed by atoms with Crippen LogP contribution in [0.1, 0.15) is 82.6 Å². The van der Waals surface area contributed by atoms with Gasteiger partial charge >= 0.3 is 0 Å². The van der Waals surface area contributed by atoms with Crippen LogP contribution in [-0.4, -0.2) is 12.1 Å². The number of rotatable bonds is 9. The van der Waals surface area contributed by atoms with E-state index >= 15 is 0 Å². The number of carbonyl (C=O) groups is 1. The second-order valence-electron chi connectivity index (χ2n) is 8.94. The zero-order chi connectivity index (χ0) is 18.4. The lowest BCUT2D eigenvalue weighted by molar-refractivity contribution is -0.140. The maximum atomic E-state index is 10.5. The van der Waals surface area contributed by atoms with E-state index in [9.17, 15) is 4.79 Å². The van der Waals surface area contributed by atoms with E-state index in [1.54, 1.807) is 0 Å². The minimum Gasteiger partial charge on any atom is -0.462 e. The molecule has 0 N–H and O–H groups in total. The molecule has 2 heteroatoms. The third-order valence-corrected chi connectivity index (χ3v) is 4.82. The van der Waals surface area contributed by atoms with E-state index in [4.69, 9.17) is 4.74 Å². The first-order chi connectivity index (χ1) is 11.0. The number of hydrogen-bond acceptors (Lipinski definition) is 2. The largest absolute Gasteiger partial charge is 0.462 e. The van der Waals surface area contributed by atoms with Gasteiger partial charge in [0.25, 0.3) is 6.47 Å². The molecule has 0 atom stereocenters. The van der Waals surface area contributed by atoms with Crippen LogP contribution in [0.2, 0.25) is 0 Å². The molecule has 0 bridgehead atoms. The molecule has 0 amide bonds. The number of benzene rings is 1. The maximum absolute atomic E-state index is 10.5. The van der Waals surface area contributed by atoms with Gasteiger partial charge in [-0.15, -0.1) is 0 Å². The molecule has 0 spiro atoms. The zero-order valence-corrected chi connectivity index (χ0v) is 16.8. The normalized spacial score (nSPS) is 12.3. The molecule has 0 fully saturated rings. The molecule has 2 nitrogen and oxygen atoms in total. The number of hydrogen-bond donors (Lipinski definition) is 0. The fourth-order valence-corrected chi connectivity index (χ4v) is 3.13. The first-order valence-electron chi connectivity index (χ1n) is 9.24. The van der Waals surface area contributed by atoms with Gasteiger partial charge in [0.15, 0.2) is 0 Å². The molecule has 0 aliphatic rings. The van der Waals surface area contributed by atoms with Gasteiger partial charge in [-0.05, 0) is 93.9 Å². The van der Waals surface area contributed by atoms with Crippen LogP contribution in [0.4, 0.5) is 0 Å². The van der Waals surface area contributed by atoms with Crippen LogP contribution in [-0.2, 0) is 22.4 Å². The second kappa shape index (κ2) is 8.69. The summed E-state index contributed by atoms with van der Waals surface area (Å²) in [5, 5.41) is 0. The molecule has 0 aliphatic carbocycles. The van der Waals surface area contributed by atoms with Crippen LogP contribution in [0.3, 0.4) is 0 Å². The highest BCUT2D eigenvalue weighted by Crippen LogP contribution is 2.25. The number of ether oxygens (including phenoxy) is 1. The first kappa shape index (κ1) is 20.7. The Morgan fingerprint density at radius 2 is 1.58 bits per heavy atom. The topological polar surface area (TPSA) is 26.3 Å². The quantitative estimate of drug-likeness (QED) is 0.523. The summed E-state index contributed by atoms with van der Waals surface area (Å²) in [5.74, 6) is 0. The number of aryl methyl sites for hydroxylation is 3. The minimum absolute atomic E-state index is 0.366. The minimum atomic E-state index is -0.366. The van der Waals surface area contributed by atoms with Gasteiger partial charge in [-0.1, -0.05) is 32.9 Å². The fourth-order valence-electron chi connectivity index (χ4n) is 3.13. The summed E-state index contributed by atoms with van der Waals surface area (Å²) in [6.45, 7) is 15.9. The van der Waals surface area contributed by atoms with E-state index in [2.05, 4.69) is 46.8 Å². The van der Waals surface area contributed by atoms with Crippen molar-refractivity contribution in [2.45, 2.75) is 92.6 Å². The van der Waals surface area contributed by atoms with Gasteiger partial charge in [0.1, 0.15) is 5.60 Å². The van der Waals surface area contributed by atoms with Gasteiger partial charge < -0.3 is 4.74 Å². The van der Waals surface area contributed by atoms with Gasteiger partial charge in [-0.25, -0.2) is 0 Å². The zero-order valence-electron chi connectivity index (χ0n) is 16.8. The summed E-state index contributed by atoms with van der Waals surface area (Å²) in [7, 11) is 0. The van der Waals surface area contributed by atoms with Crippen molar-refractivity contribution >= 4 is 6.47 Å². The van der Waals surface area contributed by atoms with Crippen molar-refractivity contribution in [2.24, 2.45) is 5.41 Å². The molecular formula is C22H36O2. The van der Waals surface area contributed by atoms with Crippen molar-refractivity contribution in [3.8, 4) is 0 Å². The Morgan fingerprint density at radius 3 is 2.17 bits per heavy atom. The standard InChI is InChI=1S/C22H36O2/c1-17-14-19(10-8-12-21(3,4)5)15-20(18(17)2)11-9-13-22(6,7)24-16-23/h14-16H,8-13H2,1-7H3. The Balaban J connectivity index is 2.68. The summed E-state index contributed by atoms with van der Waals surface area (Å²) in [6.07, 6.45) is 6.62. The van der Waals surface area contributed by atoms with Crippen molar-refractivity contribution in [1.29, 1.82) is 0 Å². The summed E-state index contributed by atoms with van der Waals surface area (Å²) >= 11 is 0. The van der Waals surface area contributed by atoms with Gasteiger partial charge in [-0.3, -0.25) is 4.79 Å². The van der Waals surface area contributed by atoms with Crippen molar-refractivity contribution in [2.75, 3.05) is 0 Å². The van der Waals surface area contributed by atoms with Gasteiger partial charge in [-0.2, -0.15) is 0 Å². The highest BCUT2D eigenvalue weighted by molar-refractivity contribution is 5.38. The molecule has 0 saturated carbocycles. The molecule has 1 rings (SSSR count). The monoisotopic (exact) mass is 332 g/mol. The van der Waals surface area contributed by atoms with E-state index in [1.165, 1.54) is 35.1 Å². The molecule has 0 aromatic heterocycles. The molecular weight excluding hydrogens is 296 g/mol. The molecule has 0 saturated heterocycles. The van der Waals surface area contributed by atoms with E-state index in [1.807, 2.05) is 13.8 Å². The lowest BCUT2D eigenvalue weighted by Crippen LogP contribution is -2.23. The highest BCUT2D eigenvalue weighted by Gasteiger charge is 2.18. The van der Waals surface area contributed by atoms with Crippen LogP contribution >= 0.6 is 0 Å². The van der Waals surface area contributed by atoms with Crippen molar-refractivity contribution in [3.63, 3.8) is 0 Å². The third-order valence-electron chi connectivity index (χ3n) is 4.82. The van der Waals surface area contributed by atoms with Crippen LogP contribution in [0.25, 0.3) is 0 Å². The van der Waals surface area contributed by atoms with Crippen LogP contribution in [0.15, 0.2) is 12.1 Å². The van der Waals surface area contributed by atoms with Crippen LogP contribution < -0.4 is 0 Å². The summed E-state index contributed by atoms with van der Waals surface area (Å²) in [6, 6.07) is 4.74. The van der Waals surface area contributed by atoms with E-state index < -0.39 is 0 Å². The molecule has 0 unspecified atom stereocenters. The van der Waals surface area contributed by atoms with Gasteiger partial charge in [0.2, 0.25) is 0 Å². The average Bonchev–Trinajstić information content (AvgIpc) is 2.42. The predicted octanol–water partition coefficient (Wildman–Crippen LogP) is 5.95. The molecule has 24 heavy (non-hydrogen) atoms. The number of carbonyl (C=O) groups excluding carboxylic acids is 1. The highest BCUT2D eigenvalue weighted by atomic mass is 16.5. The van der Waals surface area contributed by atoms with E-state index in [0.29, 0.717) is 11.9 Å². The van der Waals surface area contributed by atoms with Crippen molar-refractivity contribution in [1.82, 2.24) is 0 Å². The van der Waals surface area contributed by atoms with Gasteiger partial charge in [0, 0.05) is 0 Å². The van der Waals surface area contributed by atoms with Crippen molar-refractivity contribution in [3.05, 3.63) is 34.4 Å². The second-order valence-corrected chi connectivity index (χ2v) is 8.94. The SMILES string of the molecule is Cc1cc(CCCC(C)(C)C)cc(CCCC(C)(C)OC=O)c1C. The van der Waals surface area contributed by atoms with Crippen LogP contribution in [0, 0.1) is 19.3 Å². The summed E-state index contributed by atoms with van der Waals surface area (Å²) in [5.41, 5.74) is 5.75. The van der Waals surface area contributed by atoms with Gasteiger partial charge in [0.05, 0.1) is 0 Å². The smallest absolute Gasteiger partial charge is 0.293 e. The fraction of sp³-hybridized carbons (Fsp3) is 0.682. The summed E-state index contributed by atoms with van der Waals surface area (Å²) in [4.78, 5) is 10.5. The first-order valence-corrected chi connectivity index (χ1v) is 9.24. The molecule has 0 heterocycles. The third kappa shape index (κ3) is 7.51. The predicted molar refractivity (Wildman–Crippen MR) is 102 cm³/mol. The Morgan fingerprint density at radius 1 is 0.958 bits per heavy atom. The summed E-state index contributed by atoms with van der Waals surface area (Å²) < 4.78 is 5.15. The molecule has 136 valence electrons. The lowest BCUT2D eigenvalue weighted by atomic mass is 9.87. The molecule has 1 aromatic rings. The maximum Gasteiger partial charge on any atom is 0.293 e. The van der Waals surface area contributed by atoms with E-state index in [-0.39, 0.29) is 5.60 Å². The molecule has 0 radical (unpaired) electrons. The van der Waals surface area contributed by atoms with Crippen molar-refractivity contribution < 1.29 is 9.53 Å². The molecule has 0 aliphatic heterocycles.